The molecule has 1 heterocycles. The van der Waals surface area contributed by atoms with E-state index in [1.807, 2.05) is 61.5 Å². The predicted octanol–water partition coefficient (Wildman–Crippen LogP) is 4.23. The third-order valence-corrected chi connectivity index (χ3v) is 3.98. The van der Waals surface area contributed by atoms with E-state index in [-0.39, 0.29) is 12.4 Å². The van der Waals surface area contributed by atoms with Gasteiger partial charge in [-0.1, -0.05) is 42.5 Å². The summed E-state index contributed by atoms with van der Waals surface area (Å²) >= 11 is 0. The number of aryl methyl sites for hydroxylation is 1. The Morgan fingerprint density at radius 1 is 1.08 bits per heavy atom. The van der Waals surface area contributed by atoms with Gasteiger partial charge in [0.2, 0.25) is 0 Å². The highest BCUT2D eigenvalue weighted by Gasteiger charge is 2.11. The van der Waals surface area contributed by atoms with E-state index in [2.05, 4.69) is 4.98 Å². The van der Waals surface area contributed by atoms with Crippen molar-refractivity contribution in [1.29, 1.82) is 0 Å². The van der Waals surface area contributed by atoms with E-state index in [1.165, 1.54) is 0 Å². The molecule has 0 amide bonds. The van der Waals surface area contributed by atoms with Crippen LogP contribution in [0.1, 0.15) is 23.7 Å². The van der Waals surface area contributed by atoms with Gasteiger partial charge in [0.05, 0.1) is 13.0 Å². The van der Waals surface area contributed by atoms with Crippen molar-refractivity contribution in [2.75, 3.05) is 6.61 Å². The molecule has 4 nitrogen and oxygen atoms in total. The molecule has 2 aromatic carbocycles. The predicted molar refractivity (Wildman–Crippen MR) is 97.6 cm³/mol. The van der Waals surface area contributed by atoms with Gasteiger partial charge in [-0.25, -0.2) is 4.98 Å². The van der Waals surface area contributed by atoms with Crippen molar-refractivity contribution in [1.82, 2.24) is 4.98 Å². The molecular weight excluding hydrogens is 314 g/mol. The SMILES string of the molecule is CCOC(=O)Cc1cc2cccc(OCc3ccccc3)c2nc1C. The number of benzene rings is 2. The summed E-state index contributed by atoms with van der Waals surface area (Å²) in [6.45, 7) is 4.59. The molecule has 0 spiro atoms. The molecule has 0 fully saturated rings. The third-order valence-electron chi connectivity index (χ3n) is 3.98. The highest BCUT2D eigenvalue weighted by Crippen LogP contribution is 2.26. The zero-order valence-electron chi connectivity index (χ0n) is 14.5. The molecule has 1 aromatic heterocycles. The first-order chi connectivity index (χ1) is 12.2. The number of hydrogen-bond acceptors (Lipinski definition) is 4. The van der Waals surface area contributed by atoms with Crippen molar-refractivity contribution in [3.8, 4) is 5.75 Å². The molecule has 0 radical (unpaired) electrons. The lowest BCUT2D eigenvalue weighted by atomic mass is 10.1. The quantitative estimate of drug-likeness (QED) is 0.633. The molecule has 4 heteroatoms. The van der Waals surface area contributed by atoms with Crippen molar-refractivity contribution in [2.45, 2.75) is 26.9 Å². The highest BCUT2D eigenvalue weighted by molar-refractivity contribution is 5.86. The summed E-state index contributed by atoms with van der Waals surface area (Å²) in [4.78, 5) is 16.4. The first-order valence-electron chi connectivity index (χ1n) is 8.39. The average molecular weight is 335 g/mol. The second-order valence-electron chi connectivity index (χ2n) is 5.82. The number of nitrogens with zero attached hydrogens (tertiary/aromatic N) is 1. The fourth-order valence-electron chi connectivity index (χ4n) is 2.71. The highest BCUT2D eigenvalue weighted by atomic mass is 16.5. The maximum atomic E-state index is 11.8. The Morgan fingerprint density at radius 3 is 2.64 bits per heavy atom. The Hall–Kier alpha value is -2.88. The molecule has 3 rings (SSSR count). The Kier molecular flexibility index (Phi) is 5.29. The molecular formula is C21H21NO3. The van der Waals surface area contributed by atoms with Crippen LogP contribution in [0.2, 0.25) is 0 Å². The molecule has 128 valence electrons. The minimum Gasteiger partial charge on any atom is -0.487 e. The van der Waals surface area contributed by atoms with Gasteiger partial charge in [-0.15, -0.1) is 0 Å². The van der Waals surface area contributed by atoms with Crippen LogP contribution >= 0.6 is 0 Å². The number of fused-ring (bicyclic) bond motifs is 1. The van der Waals surface area contributed by atoms with Crippen LogP contribution in [0.5, 0.6) is 5.75 Å². The summed E-state index contributed by atoms with van der Waals surface area (Å²) in [7, 11) is 0. The van der Waals surface area contributed by atoms with Gasteiger partial charge in [-0.2, -0.15) is 0 Å². The van der Waals surface area contributed by atoms with E-state index in [0.29, 0.717) is 13.2 Å². The summed E-state index contributed by atoms with van der Waals surface area (Å²) in [5.74, 6) is 0.510. The van der Waals surface area contributed by atoms with Crippen LogP contribution in [0.25, 0.3) is 10.9 Å². The van der Waals surface area contributed by atoms with Crippen molar-refractivity contribution in [3.05, 3.63) is 71.4 Å². The van der Waals surface area contributed by atoms with E-state index < -0.39 is 0 Å². The van der Waals surface area contributed by atoms with Gasteiger partial charge in [-0.3, -0.25) is 4.79 Å². The average Bonchev–Trinajstić information content (AvgIpc) is 2.62. The largest absolute Gasteiger partial charge is 0.487 e. The van der Waals surface area contributed by atoms with Gasteiger partial charge in [-0.05, 0) is 37.1 Å². The first kappa shape index (κ1) is 17.0. The van der Waals surface area contributed by atoms with Gasteiger partial charge >= 0.3 is 5.97 Å². The van der Waals surface area contributed by atoms with Crippen molar-refractivity contribution < 1.29 is 14.3 Å². The monoisotopic (exact) mass is 335 g/mol. The molecule has 0 N–H and O–H groups in total. The van der Waals surface area contributed by atoms with Gasteiger partial charge in [0.25, 0.3) is 0 Å². The minimum absolute atomic E-state index is 0.233. The summed E-state index contributed by atoms with van der Waals surface area (Å²) in [5.41, 5.74) is 3.61. The minimum atomic E-state index is -0.233. The summed E-state index contributed by atoms with van der Waals surface area (Å²) in [6, 6.07) is 17.9. The van der Waals surface area contributed by atoms with E-state index in [9.17, 15) is 4.79 Å². The van der Waals surface area contributed by atoms with Crippen molar-refractivity contribution >= 4 is 16.9 Å². The number of carbonyl (C=O) groups is 1. The van der Waals surface area contributed by atoms with Gasteiger partial charge in [0, 0.05) is 11.1 Å². The summed E-state index contributed by atoms with van der Waals surface area (Å²) in [5, 5.41) is 0.954. The lowest BCUT2D eigenvalue weighted by Gasteiger charge is -2.12. The summed E-state index contributed by atoms with van der Waals surface area (Å²) < 4.78 is 11.0. The third kappa shape index (κ3) is 4.15. The molecule has 0 atom stereocenters. The standard InChI is InChI=1S/C21H21NO3/c1-3-24-20(23)13-18-12-17-10-7-11-19(21(17)22-15(18)2)25-14-16-8-5-4-6-9-16/h4-12H,3,13-14H2,1-2H3. The van der Waals surface area contributed by atoms with Crippen molar-refractivity contribution in [3.63, 3.8) is 0 Å². The molecule has 3 aromatic rings. The topological polar surface area (TPSA) is 48.4 Å². The number of para-hydroxylation sites is 1. The van der Waals surface area contributed by atoms with Crippen LogP contribution in [0.3, 0.4) is 0 Å². The molecule has 0 aliphatic heterocycles. The number of aromatic nitrogens is 1. The van der Waals surface area contributed by atoms with Crippen LogP contribution in [-0.4, -0.2) is 17.6 Å². The zero-order chi connectivity index (χ0) is 17.6. The molecule has 0 saturated carbocycles. The van der Waals surface area contributed by atoms with Crippen molar-refractivity contribution in [2.24, 2.45) is 0 Å². The van der Waals surface area contributed by atoms with E-state index in [1.54, 1.807) is 6.92 Å². The van der Waals surface area contributed by atoms with E-state index >= 15 is 0 Å². The Bertz CT molecular complexity index is 875. The molecule has 0 saturated heterocycles. The smallest absolute Gasteiger partial charge is 0.310 e. The maximum absolute atomic E-state index is 11.8. The Morgan fingerprint density at radius 2 is 1.88 bits per heavy atom. The van der Waals surface area contributed by atoms with E-state index in [0.717, 1.165) is 33.5 Å². The number of pyridine rings is 1. The van der Waals surface area contributed by atoms with Crippen LogP contribution in [0.15, 0.2) is 54.6 Å². The van der Waals surface area contributed by atoms with E-state index in [4.69, 9.17) is 9.47 Å². The van der Waals surface area contributed by atoms with Gasteiger partial charge < -0.3 is 9.47 Å². The Balaban J connectivity index is 1.86. The lowest BCUT2D eigenvalue weighted by molar-refractivity contribution is -0.142. The normalized spacial score (nSPS) is 10.6. The first-order valence-corrected chi connectivity index (χ1v) is 8.39. The zero-order valence-corrected chi connectivity index (χ0v) is 14.5. The molecule has 0 aliphatic carbocycles. The molecule has 25 heavy (non-hydrogen) atoms. The second kappa shape index (κ2) is 7.79. The second-order valence-corrected chi connectivity index (χ2v) is 5.82. The molecule has 0 unspecified atom stereocenters. The van der Waals surface area contributed by atoms with Crippen LogP contribution < -0.4 is 4.74 Å². The van der Waals surface area contributed by atoms with Crippen LogP contribution in [0.4, 0.5) is 0 Å². The fourth-order valence-corrected chi connectivity index (χ4v) is 2.71. The number of rotatable bonds is 6. The summed E-state index contributed by atoms with van der Waals surface area (Å²) in [6.07, 6.45) is 0.234. The van der Waals surface area contributed by atoms with Crippen LogP contribution in [-0.2, 0) is 22.6 Å². The Labute approximate surface area is 147 Å². The number of ether oxygens (including phenoxy) is 2. The van der Waals surface area contributed by atoms with Gasteiger partial charge in [0.1, 0.15) is 17.9 Å². The molecule has 0 bridgehead atoms. The maximum Gasteiger partial charge on any atom is 0.310 e. The number of esters is 1. The fraction of sp³-hybridized carbons (Fsp3) is 0.238. The molecule has 0 aliphatic rings. The number of carbonyl (C=O) groups excluding carboxylic acids is 1. The van der Waals surface area contributed by atoms with Gasteiger partial charge in [0.15, 0.2) is 0 Å². The lowest BCUT2D eigenvalue weighted by Crippen LogP contribution is -2.09. The van der Waals surface area contributed by atoms with Crippen LogP contribution in [0, 0.1) is 6.92 Å². The number of hydrogen-bond donors (Lipinski definition) is 0.